The van der Waals surface area contributed by atoms with Crippen molar-refractivity contribution in [3.63, 3.8) is 0 Å². The Labute approximate surface area is 111 Å². The van der Waals surface area contributed by atoms with Crippen LogP contribution in [0.5, 0.6) is 0 Å². The molecular formula is C12H20BrN3O. The molecule has 0 saturated heterocycles. The minimum atomic E-state index is 0.237. The molecule has 5 heteroatoms. The fourth-order valence-corrected chi connectivity index (χ4v) is 1.81. The summed E-state index contributed by atoms with van der Waals surface area (Å²) in [7, 11) is 1.73. The zero-order chi connectivity index (χ0) is 12.7. The van der Waals surface area contributed by atoms with Crippen molar-refractivity contribution in [3.05, 3.63) is 28.5 Å². The number of hydrazine groups is 1. The topological polar surface area (TPSA) is 60.2 Å². The van der Waals surface area contributed by atoms with Crippen LogP contribution in [0.2, 0.25) is 0 Å². The summed E-state index contributed by atoms with van der Waals surface area (Å²) in [5.41, 5.74) is 3.88. The maximum atomic E-state index is 5.55. The molecule has 0 amide bonds. The van der Waals surface area contributed by atoms with Gasteiger partial charge in [0.05, 0.1) is 6.10 Å². The van der Waals surface area contributed by atoms with Gasteiger partial charge < -0.3 is 4.74 Å². The number of nitrogens with one attached hydrogen (secondary N) is 1. The van der Waals surface area contributed by atoms with E-state index in [4.69, 9.17) is 10.6 Å². The van der Waals surface area contributed by atoms with Crippen LogP contribution in [-0.4, -0.2) is 24.2 Å². The van der Waals surface area contributed by atoms with Crippen molar-refractivity contribution in [3.8, 4) is 0 Å². The van der Waals surface area contributed by atoms with E-state index in [-0.39, 0.29) is 12.1 Å². The van der Waals surface area contributed by atoms with Gasteiger partial charge in [-0.05, 0) is 47.8 Å². The lowest BCUT2D eigenvalue weighted by Gasteiger charge is -2.17. The number of rotatable bonds is 7. The van der Waals surface area contributed by atoms with Gasteiger partial charge in [0, 0.05) is 35.9 Å². The smallest absolute Gasteiger partial charge is 0.0543 e. The maximum absolute atomic E-state index is 5.55. The van der Waals surface area contributed by atoms with Crippen LogP contribution in [0.15, 0.2) is 22.8 Å². The molecule has 1 aromatic rings. The lowest BCUT2D eigenvalue weighted by Crippen LogP contribution is -2.37. The minimum absolute atomic E-state index is 0.237. The van der Waals surface area contributed by atoms with Crippen molar-refractivity contribution in [2.45, 2.75) is 38.3 Å². The Hall–Kier alpha value is -0.490. The van der Waals surface area contributed by atoms with E-state index >= 15 is 0 Å². The number of nitrogens with two attached hydrogens (primary N) is 1. The summed E-state index contributed by atoms with van der Waals surface area (Å²) < 4.78 is 6.21. The SMILES string of the molecule is COC(C)CCC(Cc1ccc(Br)cn1)NN. The Bertz CT molecular complexity index is 318. The lowest BCUT2D eigenvalue weighted by molar-refractivity contribution is 0.106. The summed E-state index contributed by atoms with van der Waals surface area (Å²) in [5, 5.41) is 0. The number of ether oxygens (including phenoxy) is 1. The molecule has 0 saturated carbocycles. The molecule has 96 valence electrons. The van der Waals surface area contributed by atoms with Crippen molar-refractivity contribution in [1.29, 1.82) is 0 Å². The third-order valence-corrected chi connectivity index (χ3v) is 3.27. The fourth-order valence-electron chi connectivity index (χ4n) is 1.58. The van der Waals surface area contributed by atoms with Crippen LogP contribution in [0.4, 0.5) is 0 Å². The highest BCUT2D eigenvalue weighted by Gasteiger charge is 2.10. The highest BCUT2D eigenvalue weighted by atomic mass is 79.9. The molecule has 0 radical (unpaired) electrons. The van der Waals surface area contributed by atoms with Gasteiger partial charge in [0.1, 0.15) is 0 Å². The molecule has 4 nitrogen and oxygen atoms in total. The number of aromatic nitrogens is 1. The normalized spacial score (nSPS) is 14.6. The summed E-state index contributed by atoms with van der Waals surface area (Å²) >= 11 is 3.37. The number of hydrogen-bond acceptors (Lipinski definition) is 4. The highest BCUT2D eigenvalue weighted by Crippen LogP contribution is 2.11. The van der Waals surface area contributed by atoms with Crippen LogP contribution in [-0.2, 0) is 11.2 Å². The number of methoxy groups -OCH3 is 1. The molecule has 3 N–H and O–H groups in total. The van der Waals surface area contributed by atoms with Gasteiger partial charge in [-0.3, -0.25) is 16.3 Å². The van der Waals surface area contributed by atoms with Gasteiger partial charge in [0.2, 0.25) is 0 Å². The second-order valence-electron chi connectivity index (χ2n) is 4.16. The number of halogens is 1. The van der Waals surface area contributed by atoms with Crippen molar-refractivity contribution < 1.29 is 4.74 Å². The fraction of sp³-hybridized carbons (Fsp3) is 0.583. The van der Waals surface area contributed by atoms with E-state index in [1.165, 1.54) is 0 Å². The number of nitrogens with zero attached hydrogens (tertiary/aromatic N) is 1. The van der Waals surface area contributed by atoms with Gasteiger partial charge in [0.25, 0.3) is 0 Å². The number of hydrogen-bond donors (Lipinski definition) is 2. The molecule has 0 aromatic carbocycles. The van der Waals surface area contributed by atoms with E-state index < -0.39 is 0 Å². The summed E-state index contributed by atoms with van der Waals surface area (Å²) in [6.07, 6.45) is 4.87. The van der Waals surface area contributed by atoms with Gasteiger partial charge in [-0.25, -0.2) is 0 Å². The molecule has 0 fully saturated rings. The van der Waals surface area contributed by atoms with Crippen LogP contribution >= 0.6 is 15.9 Å². The quantitative estimate of drug-likeness (QED) is 0.598. The molecule has 0 aliphatic heterocycles. The first-order chi connectivity index (χ1) is 8.15. The monoisotopic (exact) mass is 301 g/mol. The van der Waals surface area contributed by atoms with Crippen LogP contribution in [0.1, 0.15) is 25.5 Å². The molecule has 1 heterocycles. The average Bonchev–Trinajstić information content (AvgIpc) is 2.36. The third-order valence-electron chi connectivity index (χ3n) is 2.80. The Morgan fingerprint density at radius 2 is 2.24 bits per heavy atom. The minimum Gasteiger partial charge on any atom is -0.382 e. The largest absolute Gasteiger partial charge is 0.382 e. The molecule has 1 aromatic heterocycles. The molecule has 0 aliphatic rings. The van der Waals surface area contributed by atoms with Crippen LogP contribution in [0.3, 0.4) is 0 Å². The molecule has 17 heavy (non-hydrogen) atoms. The molecule has 0 aliphatic carbocycles. The Morgan fingerprint density at radius 1 is 1.47 bits per heavy atom. The first-order valence-electron chi connectivity index (χ1n) is 5.75. The van der Waals surface area contributed by atoms with E-state index in [2.05, 4.69) is 33.3 Å². The van der Waals surface area contributed by atoms with Crippen molar-refractivity contribution in [2.75, 3.05) is 7.11 Å². The second kappa shape index (κ2) is 7.76. The van der Waals surface area contributed by atoms with E-state index in [1.807, 2.05) is 12.1 Å². The Morgan fingerprint density at radius 3 is 2.76 bits per heavy atom. The number of pyridine rings is 1. The van der Waals surface area contributed by atoms with Gasteiger partial charge in [-0.2, -0.15) is 0 Å². The summed E-state index contributed by atoms with van der Waals surface area (Å²) in [6, 6.07) is 4.24. The summed E-state index contributed by atoms with van der Waals surface area (Å²) in [5.74, 6) is 5.55. The first-order valence-corrected chi connectivity index (χ1v) is 6.54. The second-order valence-corrected chi connectivity index (χ2v) is 5.07. The lowest BCUT2D eigenvalue weighted by atomic mass is 10.0. The maximum Gasteiger partial charge on any atom is 0.0543 e. The van der Waals surface area contributed by atoms with E-state index in [9.17, 15) is 0 Å². The molecule has 0 bridgehead atoms. The standard InChI is InChI=1S/C12H20BrN3O/c1-9(17-2)3-5-12(16-14)7-11-6-4-10(13)8-15-11/h4,6,8-9,12,16H,3,5,7,14H2,1-2H3. The first kappa shape index (κ1) is 14.6. The van der Waals surface area contributed by atoms with Crippen LogP contribution in [0, 0.1) is 0 Å². The van der Waals surface area contributed by atoms with Crippen LogP contribution < -0.4 is 11.3 Å². The predicted molar refractivity (Wildman–Crippen MR) is 72.5 cm³/mol. The van der Waals surface area contributed by atoms with Crippen molar-refractivity contribution in [2.24, 2.45) is 5.84 Å². The van der Waals surface area contributed by atoms with Gasteiger partial charge in [-0.15, -0.1) is 0 Å². The third kappa shape index (κ3) is 5.59. The zero-order valence-electron chi connectivity index (χ0n) is 10.3. The Kier molecular flexibility index (Phi) is 6.65. The zero-order valence-corrected chi connectivity index (χ0v) is 11.9. The van der Waals surface area contributed by atoms with E-state index in [0.717, 1.165) is 29.4 Å². The van der Waals surface area contributed by atoms with Crippen molar-refractivity contribution in [1.82, 2.24) is 10.4 Å². The average molecular weight is 302 g/mol. The molecular weight excluding hydrogens is 282 g/mol. The van der Waals surface area contributed by atoms with E-state index in [1.54, 1.807) is 13.3 Å². The summed E-state index contributed by atoms with van der Waals surface area (Å²) in [4.78, 5) is 4.34. The van der Waals surface area contributed by atoms with Gasteiger partial charge in [-0.1, -0.05) is 0 Å². The molecule has 2 atom stereocenters. The molecule has 1 rings (SSSR count). The highest BCUT2D eigenvalue weighted by molar-refractivity contribution is 9.10. The van der Waals surface area contributed by atoms with Crippen molar-refractivity contribution >= 4 is 15.9 Å². The predicted octanol–water partition coefficient (Wildman–Crippen LogP) is 2.03. The van der Waals surface area contributed by atoms with E-state index in [0.29, 0.717) is 0 Å². The van der Waals surface area contributed by atoms with Gasteiger partial charge >= 0.3 is 0 Å². The Balaban J connectivity index is 2.43. The van der Waals surface area contributed by atoms with Crippen LogP contribution in [0.25, 0.3) is 0 Å². The molecule has 0 spiro atoms. The summed E-state index contributed by atoms with van der Waals surface area (Å²) in [6.45, 7) is 2.06. The molecule has 2 unspecified atom stereocenters. The van der Waals surface area contributed by atoms with Gasteiger partial charge in [0.15, 0.2) is 0 Å².